The van der Waals surface area contributed by atoms with Crippen LogP contribution in [0, 0.1) is 13.8 Å². The molecule has 1 aromatic carbocycles. The minimum absolute atomic E-state index is 0.133. The van der Waals surface area contributed by atoms with Gasteiger partial charge in [0.25, 0.3) is 0 Å². The van der Waals surface area contributed by atoms with Crippen LogP contribution in [0.4, 0.5) is 0 Å². The molecule has 0 fully saturated rings. The Labute approximate surface area is 124 Å². The molecular weight excluding hydrogens is 256 g/mol. The highest BCUT2D eigenvalue weighted by Crippen LogP contribution is 1.99. The molecule has 20 heavy (non-hydrogen) atoms. The molecule has 1 rings (SSSR count). The molecule has 0 saturated carbocycles. The molecule has 0 atom stereocenters. The van der Waals surface area contributed by atoms with E-state index in [1.165, 1.54) is 11.1 Å². The van der Waals surface area contributed by atoms with Gasteiger partial charge >= 0.3 is 0 Å². The molecule has 0 bridgehead atoms. The monoisotopic (exact) mass is 288 g/mol. The Morgan fingerprint density at radius 1 is 1.00 bits per heavy atom. The van der Waals surface area contributed by atoms with Gasteiger partial charge in [0.15, 0.2) is 0 Å². The van der Waals surface area contributed by atoms with E-state index in [1.54, 1.807) is 0 Å². The summed E-state index contributed by atoms with van der Waals surface area (Å²) in [5, 5.41) is 15.1. The van der Waals surface area contributed by atoms with Crippen LogP contribution in [0.1, 0.15) is 31.9 Å². The molecular formula is C16H32O4. The molecule has 4 heteroatoms. The number of ether oxygens (including phenoxy) is 1. The third-order valence-electron chi connectivity index (χ3n) is 1.66. The molecule has 4 nitrogen and oxygen atoms in total. The Morgan fingerprint density at radius 2 is 1.30 bits per heavy atom. The van der Waals surface area contributed by atoms with Gasteiger partial charge < -0.3 is 19.7 Å². The van der Waals surface area contributed by atoms with Crippen molar-refractivity contribution in [3.63, 3.8) is 0 Å². The van der Waals surface area contributed by atoms with Crippen LogP contribution in [0.25, 0.3) is 0 Å². The van der Waals surface area contributed by atoms with E-state index in [9.17, 15) is 0 Å². The lowest BCUT2D eigenvalue weighted by molar-refractivity contribution is -0.0979. The predicted molar refractivity (Wildman–Crippen MR) is 86.1 cm³/mol. The predicted octanol–water partition coefficient (Wildman–Crippen LogP) is 2.77. The third kappa shape index (κ3) is 30.1. The first-order chi connectivity index (χ1) is 9.70. The lowest BCUT2D eigenvalue weighted by Crippen LogP contribution is -1.96. The first kappa shape index (κ1) is 27.2. The van der Waals surface area contributed by atoms with E-state index >= 15 is 0 Å². The largest absolute Gasteiger partial charge is 0.400 e. The minimum atomic E-state index is 0.133. The SMILES string of the molecule is C=O.CC.CCOCCO.CO.Cc1ccc(C)cc1. The fraction of sp³-hybridized carbons (Fsp3) is 0.562. The molecule has 2 N–H and O–H groups in total. The van der Waals surface area contributed by atoms with Crippen molar-refractivity contribution in [1.82, 2.24) is 0 Å². The maximum Gasteiger partial charge on any atom is 0.106 e. The number of aliphatic hydroxyl groups excluding tert-OH is 2. The summed E-state index contributed by atoms with van der Waals surface area (Å²) >= 11 is 0. The van der Waals surface area contributed by atoms with Crippen LogP contribution >= 0.6 is 0 Å². The van der Waals surface area contributed by atoms with Crippen LogP contribution in [-0.4, -0.2) is 43.9 Å². The fourth-order valence-electron chi connectivity index (χ4n) is 0.846. The standard InChI is InChI=1S/C8H10.C4H10O2.C2H6.CH4O.CH2O/c1-7-3-5-8(2)6-4-7;1-2-6-4-3-5;3*1-2/h3-6H,1-2H3;5H,2-4H2,1H3;1-2H3;2H,1H3;1H2. The van der Waals surface area contributed by atoms with Crippen molar-refractivity contribution in [2.45, 2.75) is 34.6 Å². The number of benzene rings is 1. The summed E-state index contributed by atoms with van der Waals surface area (Å²) in [6.07, 6.45) is 0. The average molecular weight is 288 g/mol. The molecule has 0 aliphatic rings. The van der Waals surface area contributed by atoms with Crippen LogP contribution in [0.2, 0.25) is 0 Å². The highest BCUT2D eigenvalue weighted by molar-refractivity contribution is 5.19. The van der Waals surface area contributed by atoms with Gasteiger partial charge in [0.1, 0.15) is 6.79 Å². The van der Waals surface area contributed by atoms with Crippen LogP contribution in [-0.2, 0) is 9.53 Å². The zero-order valence-electron chi connectivity index (χ0n) is 13.8. The maximum absolute atomic E-state index is 8.07. The van der Waals surface area contributed by atoms with Crippen LogP contribution in [0.15, 0.2) is 24.3 Å². The number of rotatable bonds is 3. The van der Waals surface area contributed by atoms with Gasteiger partial charge in [-0.3, -0.25) is 0 Å². The van der Waals surface area contributed by atoms with Crippen molar-refractivity contribution in [2.75, 3.05) is 26.9 Å². The van der Waals surface area contributed by atoms with Gasteiger partial charge in [-0.15, -0.1) is 0 Å². The molecule has 0 aromatic heterocycles. The number of carbonyl (C=O) groups excluding carboxylic acids is 1. The number of carbonyl (C=O) groups is 1. The van der Waals surface area contributed by atoms with Crippen molar-refractivity contribution in [2.24, 2.45) is 0 Å². The quantitative estimate of drug-likeness (QED) is 0.839. The first-order valence-electron chi connectivity index (χ1n) is 6.66. The number of aryl methyl sites for hydroxylation is 2. The molecule has 120 valence electrons. The minimum Gasteiger partial charge on any atom is -0.400 e. The first-order valence-corrected chi connectivity index (χ1v) is 6.66. The molecule has 0 aliphatic carbocycles. The van der Waals surface area contributed by atoms with Crippen LogP contribution < -0.4 is 0 Å². The van der Waals surface area contributed by atoms with Gasteiger partial charge in [0.2, 0.25) is 0 Å². The second-order valence-corrected chi connectivity index (χ2v) is 3.08. The van der Waals surface area contributed by atoms with Crippen LogP contribution in [0.5, 0.6) is 0 Å². The van der Waals surface area contributed by atoms with Gasteiger partial charge in [0, 0.05) is 13.7 Å². The molecule has 0 radical (unpaired) electrons. The second kappa shape index (κ2) is 30.6. The zero-order chi connectivity index (χ0) is 16.8. The van der Waals surface area contributed by atoms with Crippen molar-refractivity contribution in [3.8, 4) is 0 Å². The van der Waals surface area contributed by atoms with E-state index in [4.69, 9.17) is 19.7 Å². The number of hydrogen-bond acceptors (Lipinski definition) is 4. The normalized spacial score (nSPS) is 7.20. The van der Waals surface area contributed by atoms with E-state index in [-0.39, 0.29) is 6.61 Å². The Bertz CT molecular complexity index is 210. The topological polar surface area (TPSA) is 66.8 Å². The highest BCUT2D eigenvalue weighted by atomic mass is 16.5. The summed E-state index contributed by atoms with van der Waals surface area (Å²) in [5.41, 5.74) is 2.66. The summed E-state index contributed by atoms with van der Waals surface area (Å²) < 4.78 is 4.73. The average Bonchev–Trinajstić information content (AvgIpc) is 2.54. The Hall–Kier alpha value is -1.23. The molecule has 0 saturated heterocycles. The van der Waals surface area contributed by atoms with Crippen molar-refractivity contribution in [3.05, 3.63) is 35.4 Å². The third-order valence-corrected chi connectivity index (χ3v) is 1.66. The number of aliphatic hydroxyl groups is 2. The van der Waals surface area contributed by atoms with Gasteiger partial charge in [0.05, 0.1) is 13.2 Å². The molecule has 1 aromatic rings. The van der Waals surface area contributed by atoms with E-state index in [0.717, 1.165) is 7.11 Å². The van der Waals surface area contributed by atoms with E-state index < -0.39 is 0 Å². The molecule has 0 amide bonds. The summed E-state index contributed by atoms with van der Waals surface area (Å²) in [7, 11) is 1.00. The highest BCUT2D eigenvalue weighted by Gasteiger charge is 1.79. The van der Waals surface area contributed by atoms with Crippen molar-refractivity contribution in [1.29, 1.82) is 0 Å². The van der Waals surface area contributed by atoms with Crippen molar-refractivity contribution < 1.29 is 19.7 Å². The Morgan fingerprint density at radius 3 is 1.45 bits per heavy atom. The number of hydrogen-bond donors (Lipinski definition) is 2. The second-order valence-electron chi connectivity index (χ2n) is 3.08. The van der Waals surface area contributed by atoms with Crippen molar-refractivity contribution >= 4 is 6.79 Å². The van der Waals surface area contributed by atoms with Gasteiger partial charge in [-0.2, -0.15) is 0 Å². The van der Waals surface area contributed by atoms with Gasteiger partial charge in [-0.05, 0) is 20.8 Å². The Kier molecular flexibility index (Phi) is 41.6. The molecule has 0 heterocycles. The summed E-state index contributed by atoms with van der Waals surface area (Å²) in [5.74, 6) is 0. The van der Waals surface area contributed by atoms with E-state index in [0.29, 0.717) is 13.2 Å². The molecule has 0 unspecified atom stereocenters. The summed E-state index contributed by atoms with van der Waals surface area (Å²) in [6, 6.07) is 8.48. The summed E-state index contributed by atoms with van der Waals surface area (Å²) in [6.45, 7) is 13.4. The van der Waals surface area contributed by atoms with Gasteiger partial charge in [-0.1, -0.05) is 49.2 Å². The van der Waals surface area contributed by atoms with E-state index in [2.05, 4.69) is 38.1 Å². The van der Waals surface area contributed by atoms with Gasteiger partial charge in [-0.25, -0.2) is 0 Å². The molecule has 0 spiro atoms. The zero-order valence-corrected chi connectivity index (χ0v) is 13.8. The molecule has 0 aliphatic heterocycles. The van der Waals surface area contributed by atoms with E-state index in [1.807, 2.05) is 27.6 Å². The lowest BCUT2D eigenvalue weighted by atomic mass is 10.2. The summed E-state index contributed by atoms with van der Waals surface area (Å²) in [4.78, 5) is 8.00. The Balaban J connectivity index is -0.0000000952. The lowest BCUT2D eigenvalue weighted by Gasteiger charge is -1.91. The smallest absolute Gasteiger partial charge is 0.106 e. The fourth-order valence-corrected chi connectivity index (χ4v) is 0.846. The maximum atomic E-state index is 8.07. The van der Waals surface area contributed by atoms with Crippen LogP contribution in [0.3, 0.4) is 0 Å².